The fourth-order valence-electron chi connectivity index (χ4n) is 5.48. The van der Waals surface area contributed by atoms with Crippen LogP contribution in [0.2, 0.25) is 0 Å². The lowest BCUT2D eigenvalue weighted by Crippen LogP contribution is -2.52. The minimum absolute atomic E-state index is 0.0247. The molecule has 6 rings (SSSR count). The molecule has 4 aromatic carbocycles. The van der Waals surface area contributed by atoms with Crippen LogP contribution in [0.1, 0.15) is 60.1 Å². The standard InChI is InChI=1S/C19H17F3N4O3.C19H15F3N4O2.C4H8O/c1-11(27)16(18(29)26-25-17(28)12-6-4-3-5-7-12)24-13-8-9-15(23-2)14(10-13)19(20,21)22;1-11(27)16(18-26-25-17(28-18)12-6-4-3-5-7-12)24-13-8-9-15(23-2)14(10-13)19(20,21)22;1-2-4-5-3-1/h3-11,16,24,27H,1H3,(H,25,28)(H,26,29);3-11,16,24,27H,1H3;1-4H2/t2*11-,16+;/m00./s1. The van der Waals surface area contributed by atoms with E-state index in [0.29, 0.717) is 11.6 Å². The molecule has 62 heavy (non-hydrogen) atoms. The Bertz CT molecular complexity index is 2320. The highest BCUT2D eigenvalue weighted by atomic mass is 19.4. The van der Waals surface area contributed by atoms with Crippen LogP contribution in [0.3, 0.4) is 0 Å². The number of alkyl halides is 6. The number of carbonyl (C=O) groups is 2. The highest BCUT2D eigenvalue weighted by Crippen LogP contribution is 2.40. The minimum atomic E-state index is -4.76. The van der Waals surface area contributed by atoms with Crippen molar-refractivity contribution >= 4 is 34.6 Å². The molecule has 0 aliphatic carbocycles. The van der Waals surface area contributed by atoms with Crippen LogP contribution in [0.4, 0.5) is 49.1 Å². The van der Waals surface area contributed by atoms with Gasteiger partial charge in [0.25, 0.3) is 11.8 Å². The molecule has 326 valence electrons. The van der Waals surface area contributed by atoms with Crippen LogP contribution in [0, 0.1) is 13.1 Å². The number of anilines is 2. The number of halogens is 6. The smallest absolute Gasteiger partial charge is 0.407 e. The van der Waals surface area contributed by atoms with Gasteiger partial charge in [-0.05, 0) is 75.2 Å². The number of aliphatic hydroxyl groups is 2. The average Bonchev–Trinajstić information content (AvgIpc) is 4.01. The zero-order valence-electron chi connectivity index (χ0n) is 33.0. The predicted molar refractivity (Wildman–Crippen MR) is 214 cm³/mol. The Morgan fingerprint density at radius 1 is 0.710 bits per heavy atom. The quantitative estimate of drug-likeness (QED) is 0.0453. The average molecular weight is 867 g/mol. The SMILES string of the molecule is C1CCOC1.[C-]#[N+]c1ccc(N[C@@H](C(=O)NNC(=O)c2ccccc2)[C@H](C)O)cc1C(F)(F)F.[C-]#[N+]c1ccc(N[C@@H](c2nnc(-c3ccccc3)o2)[C@H](C)O)cc1C(F)(F)F. The number of benzene rings is 4. The normalized spacial score (nSPS) is 14.1. The molecule has 1 aliphatic heterocycles. The zero-order valence-corrected chi connectivity index (χ0v) is 33.0. The Morgan fingerprint density at radius 3 is 1.68 bits per heavy atom. The molecule has 2 amide bonds. The Kier molecular flexibility index (Phi) is 16.9. The number of rotatable bonds is 10. The molecule has 6 N–H and O–H groups in total. The molecule has 14 nitrogen and oxygen atoms in total. The van der Waals surface area contributed by atoms with Crippen LogP contribution in [0.15, 0.2) is 101 Å². The van der Waals surface area contributed by atoms with Gasteiger partial charge in [0, 0.05) is 35.7 Å². The van der Waals surface area contributed by atoms with Gasteiger partial charge in [0.1, 0.15) is 12.1 Å². The highest BCUT2D eigenvalue weighted by molar-refractivity contribution is 5.96. The van der Waals surface area contributed by atoms with Crippen LogP contribution >= 0.6 is 0 Å². The molecular weight excluding hydrogens is 826 g/mol. The molecule has 1 aliphatic rings. The van der Waals surface area contributed by atoms with Gasteiger partial charge in [-0.15, -0.1) is 10.2 Å². The molecule has 1 saturated heterocycles. The first-order valence-electron chi connectivity index (χ1n) is 18.6. The van der Waals surface area contributed by atoms with E-state index in [1.807, 2.05) is 6.07 Å². The van der Waals surface area contributed by atoms with Crippen LogP contribution in [0.5, 0.6) is 0 Å². The van der Waals surface area contributed by atoms with Crippen LogP contribution in [-0.4, -0.2) is 63.7 Å². The number of hydrazine groups is 1. The summed E-state index contributed by atoms with van der Waals surface area (Å²) in [4.78, 5) is 30.0. The van der Waals surface area contributed by atoms with Crippen molar-refractivity contribution < 1.29 is 55.3 Å². The van der Waals surface area contributed by atoms with E-state index in [4.69, 9.17) is 22.3 Å². The summed E-state index contributed by atoms with van der Waals surface area (Å²) in [5, 5.41) is 33.0. The summed E-state index contributed by atoms with van der Waals surface area (Å²) in [6, 6.07) is 20.7. The highest BCUT2D eigenvalue weighted by Gasteiger charge is 2.35. The molecule has 0 saturated carbocycles. The first-order valence-corrected chi connectivity index (χ1v) is 18.6. The summed E-state index contributed by atoms with van der Waals surface area (Å²) in [6.45, 7) is 18.4. The lowest BCUT2D eigenvalue weighted by atomic mass is 10.1. The third-order valence-electron chi connectivity index (χ3n) is 8.63. The number of aliphatic hydroxyl groups excluding tert-OH is 2. The first kappa shape index (κ1) is 47.7. The van der Waals surface area contributed by atoms with E-state index in [1.54, 1.807) is 42.5 Å². The number of hydrogen-bond acceptors (Lipinski definition) is 10. The summed E-state index contributed by atoms with van der Waals surface area (Å²) in [6.07, 6.45) is -9.23. The van der Waals surface area contributed by atoms with Gasteiger partial charge in [0.2, 0.25) is 11.8 Å². The van der Waals surface area contributed by atoms with Crippen molar-refractivity contribution in [2.75, 3.05) is 23.8 Å². The van der Waals surface area contributed by atoms with Crippen molar-refractivity contribution in [2.24, 2.45) is 0 Å². The van der Waals surface area contributed by atoms with Gasteiger partial charge in [-0.2, -0.15) is 26.3 Å². The van der Waals surface area contributed by atoms with Gasteiger partial charge in [0.05, 0.1) is 36.5 Å². The lowest BCUT2D eigenvalue weighted by Gasteiger charge is -2.23. The lowest BCUT2D eigenvalue weighted by molar-refractivity contribution is -0.137. The zero-order chi connectivity index (χ0) is 45.5. The molecule has 0 bridgehead atoms. The van der Waals surface area contributed by atoms with E-state index in [9.17, 15) is 46.1 Å². The van der Waals surface area contributed by atoms with E-state index in [1.165, 1.54) is 51.0 Å². The van der Waals surface area contributed by atoms with Crippen molar-refractivity contribution in [1.82, 2.24) is 21.0 Å². The molecule has 20 heteroatoms. The number of nitrogens with zero attached hydrogens (tertiary/aromatic N) is 4. The summed E-state index contributed by atoms with van der Waals surface area (Å²) >= 11 is 0. The molecule has 5 aromatic rings. The first-order chi connectivity index (χ1) is 29.4. The molecule has 0 unspecified atom stereocenters. The summed E-state index contributed by atoms with van der Waals surface area (Å²) < 4.78 is 89.3. The number of hydrogen-bond donors (Lipinski definition) is 6. The topological polar surface area (TPSA) is 180 Å². The monoisotopic (exact) mass is 866 g/mol. The maximum atomic E-state index is 13.2. The maximum absolute atomic E-state index is 13.2. The van der Waals surface area contributed by atoms with E-state index >= 15 is 0 Å². The molecular formula is C42H40F6N8O6. The largest absolute Gasteiger partial charge is 0.418 e. The van der Waals surface area contributed by atoms with Crippen LogP contribution in [-0.2, 0) is 21.9 Å². The fraction of sp³-hybridized carbons (Fsp3) is 0.286. The van der Waals surface area contributed by atoms with Gasteiger partial charge < -0.3 is 30.0 Å². The van der Waals surface area contributed by atoms with Gasteiger partial charge in [0.15, 0.2) is 11.4 Å². The maximum Gasteiger partial charge on any atom is 0.407 e. The third kappa shape index (κ3) is 13.8. The molecule has 1 fully saturated rings. The van der Waals surface area contributed by atoms with E-state index in [2.05, 4.69) is 41.4 Å². The van der Waals surface area contributed by atoms with Gasteiger partial charge in [-0.1, -0.05) is 48.5 Å². The van der Waals surface area contributed by atoms with Gasteiger partial charge in [-0.25, -0.2) is 9.69 Å². The van der Waals surface area contributed by atoms with E-state index in [0.717, 1.165) is 31.4 Å². The predicted octanol–water partition coefficient (Wildman–Crippen LogP) is 8.52. The van der Waals surface area contributed by atoms with Crippen LogP contribution < -0.4 is 21.5 Å². The number of amides is 2. The third-order valence-corrected chi connectivity index (χ3v) is 8.63. The van der Waals surface area contributed by atoms with Crippen molar-refractivity contribution in [1.29, 1.82) is 0 Å². The Hall–Kier alpha value is -7.00. The van der Waals surface area contributed by atoms with Crippen molar-refractivity contribution in [3.8, 4) is 11.5 Å². The second kappa shape index (κ2) is 22.0. The number of nitrogens with one attached hydrogen (secondary N) is 4. The Balaban J connectivity index is 0.000000244. The summed E-state index contributed by atoms with van der Waals surface area (Å²) in [7, 11) is 0. The summed E-state index contributed by atoms with van der Waals surface area (Å²) in [5.74, 6) is -1.23. The minimum Gasteiger partial charge on any atom is -0.418 e. The second-order valence-corrected chi connectivity index (χ2v) is 13.3. The number of carbonyl (C=O) groups excluding carboxylic acids is 2. The number of ether oxygens (including phenoxy) is 1. The molecule has 1 aromatic heterocycles. The number of aromatic nitrogens is 2. The van der Waals surface area contributed by atoms with Gasteiger partial charge in [-0.3, -0.25) is 20.4 Å². The molecule has 2 heterocycles. The molecule has 4 atom stereocenters. The van der Waals surface area contributed by atoms with E-state index in [-0.39, 0.29) is 28.7 Å². The van der Waals surface area contributed by atoms with Crippen LogP contribution in [0.25, 0.3) is 21.1 Å². The van der Waals surface area contributed by atoms with Crippen molar-refractivity contribution in [3.63, 3.8) is 0 Å². The van der Waals surface area contributed by atoms with Crippen molar-refractivity contribution in [3.05, 3.63) is 142 Å². The second-order valence-electron chi connectivity index (χ2n) is 13.3. The van der Waals surface area contributed by atoms with E-state index < -0.39 is 71.0 Å². The summed E-state index contributed by atoms with van der Waals surface area (Å²) in [5.41, 5.74) is 1.85. The molecule has 0 radical (unpaired) electrons. The fourth-order valence-corrected chi connectivity index (χ4v) is 5.48. The Labute approximate surface area is 351 Å². The molecule has 0 spiro atoms. The van der Waals surface area contributed by atoms with Gasteiger partial charge >= 0.3 is 12.4 Å². The Morgan fingerprint density at radius 2 is 1.23 bits per heavy atom. The van der Waals surface area contributed by atoms with Crippen molar-refractivity contribution in [2.45, 2.75) is 63.3 Å².